The monoisotopic (exact) mass is 480 g/mol. The van der Waals surface area contributed by atoms with Gasteiger partial charge >= 0.3 is 0 Å². The van der Waals surface area contributed by atoms with E-state index in [1.807, 2.05) is 30.3 Å². The summed E-state index contributed by atoms with van der Waals surface area (Å²) < 4.78 is 17.5. The van der Waals surface area contributed by atoms with E-state index in [9.17, 15) is 10.1 Å². The van der Waals surface area contributed by atoms with E-state index in [0.29, 0.717) is 45.7 Å². The molecule has 7 heteroatoms. The predicted molar refractivity (Wildman–Crippen MR) is 118 cm³/mol. The first kappa shape index (κ1) is 21.0. The molecule has 0 fully saturated rings. The Morgan fingerprint density at radius 1 is 1.13 bits per heavy atom. The van der Waals surface area contributed by atoms with Gasteiger partial charge in [0.15, 0.2) is 5.78 Å². The normalized spacial score (nSPS) is 20.6. The van der Waals surface area contributed by atoms with Gasteiger partial charge in [-0.3, -0.25) is 4.79 Å². The molecule has 0 radical (unpaired) electrons. The van der Waals surface area contributed by atoms with Gasteiger partial charge in [0.2, 0.25) is 5.88 Å². The zero-order valence-electron chi connectivity index (χ0n) is 17.1. The third-order valence-corrected chi connectivity index (χ3v) is 6.37. The van der Waals surface area contributed by atoms with Gasteiger partial charge in [0.05, 0.1) is 24.6 Å². The number of halogens is 1. The highest BCUT2D eigenvalue weighted by Gasteiger charge is 2.42. The average Bonchev–Trinajstić information content (AvgIpc) is 2.78. The zero-order chi connectivity index (χ0) is 22.1. The van der Waals surface area contributed by atoms with Crippen molar-refractivity contribution in [2.75, 3.05) is 14.2 Å². The van der Waals surface area contributed by atoms with Gasteiger partial charge in [0.1, 0.15) is 28.9 Å². The van der Waals surface area contributed by atoms with Crippen molar-refractivity contribution in [3.63, 3.8) is 0 Å². The van der Waals surface area contributed by atoms with E-state index in [0.717, 1.165) is 5.56 Å². The predicted octanol–water partition coefficient (Wildman–Crippen LogP) is 4.67. The lowest BCUT2D eigenvalue weighted by atomic mass is 9.73. The number of nitrogens with two attached hydrogens (primary N) is 1. The van der Waals surface area contributed by atoms with Gasteiger partial charge in [-0.05, 0) is 33.5 Å². The topological polar surface area (TPSA) is 94.6 Å². The second kappa shape index (κ2) is 8.48. The van der Waals surface area contributed by atoms with Gasteiger partial charge in [0, 0.05) is 30.0 Å². The number of nitrogens with zero attached hydrogens (tertiary/aromatic N) is 1. The third kappa shape index (κ3) is 3.68. The molecule has 0 saturated carbocycles. The second-order valence-electron chi connectivity index (χ2n) is 7.43. The maximum Gasteiger partial charge on any atom is 0.205 e. The van der Waals surface area contributed by atoms with Crippen LogP contribution < -0.4 is 15.2 Å². The van der Waals surface area contributed by atoms with E-state index in [1.54, 1.807) is 19.2 Å². The van der Waals surface area contributed by atoms with Crippen LogP contribution in [0.5, 0.6) is 11.5 Å². The van der Waals surface area contributed by atoms with E-state index >= 15 is 0 Å². The van der Waals surface area contributed by atoms with Gasteiger partial charge in [-0.1, -0.05) is 30.3 Å². The average molecular weight is 481 g/mol. The Labute approximate surface area is 189 Å². The van der Waals surface area contributed by atoms with Crippen LogP contribution in [-0.4, -0.2) is 20.0 Å². The van der Waals surface area contributed by atoms with Crippen molar-refractivity contribution in [1.82, 2.24) is 0 Å². The number of allylic oxidation sites excluding steroid dienone is 3. The van der Waals surface area contributed by atoms with Crippen LogP contribution in [0.3, 0.4) is 0 Å². The molecule has 2 N–H and O–H groups in total. The van der Waals surface area contributed by atoms with Gasteiger partial charge < -0.3 is 19.9 Å². The first-order chi connectivity index (χ1) is 15.0. The number of ketones is 1. The molecule has 31 heavy (non-hydrogen) atoms. The fraction of sp³-hybridized carbons (Fsp3) is 0.250. The Kier molecular flexibility index (Phi) is 5.75. The molecule has 2 aromatic rings. The molecule has 0 spiro atoms. The Bertz CT molecular complexity index is 1150. The first-order valence-electron chi connectivity index (χ1n) is 9.78. The summed E-state index contributed by atoms with van der Waals surface area (Å²) in [6.07, 6.45) is 0.863. The largest absolute Gasteiger partial charge is 0.496 e. The first-order valence-corrected chi connectivity index (χ1v) is 10.6. The maximum atomic E-state index is 13.4. The van der Waals surface area contributed by atoms with Crippen molar-refractivity contribution < 1.29 is 19.0 Å². The summed E-state index contributed by atoms with van der Waals surface area (Å²) in [6.45, 7) is 0. The number of carbonyl (C=O) groups is 1. The molecule has 0 amide bonds. The van der Waals surface area contributed by atoms with Crippen LogP contribution in [0.4, 0.5) is 0 Å². The fourth-order valence-electron chi connectivity index (χ4n) is 4.29. The highest BCUT2D eigenvalue weighted by Crippen LogP contribution is 2.49. The number of nitriles is 1. The highest BCUT2D eigenvalue weighted by molar-refractivity contribution is 9.10. The van der Waals surface area contributed by atoms with E-state index in [4.69, 9.17) is 19.9 Å². The van der Waals surface area contributed by atoms with Gasteiger partial charge in [-0.2, -0.15) is 5.26 Å². The molecule has 0 saturated heterocycles. The number of benzene rings is 2. The molecule has 1 aliphatic heterocycles. The quantitative estimate of drug-likeness (QED) is 0.682. The molecule has 6 nitrogen and oxygen atoms in total. The summed E-state index contributed by atoms with van der Waals surface area (Å²) in [5, 5.41) is 9.85. The number of hydrogen-bond donors (Lipinski definition) is 1. The van der Waals surface area contributed by atoms with Crippen molar-refractivity contribution in [2.24, 2.45) is 5.73 Å². The lowest BCUT2D eigenvalue weighted by Gasteiger charge is -2.34. The fourth-order valence-corrected chi connectivity index (χ4v) is 4.81. The molecule has 2 aliphatic rings. The Hall–Kier alpha value is -3.24. The van der Waals surface area contributed by atoms with Crippen molar-refractivity contribution >= 4 is 21.7 Å². The Morgan fingerprint density at radius 3 is 2.48 bits per heavy atom. The van der Waals surface area contributed by atoms with E-state index in [-0.39, 0.29) is 23.2 Å². The molecule has 1 heterocycles. The Morgan fingerprint density at radius 2 is 1.84 bits per heavy atom. The molecule has 158 valence electrons. The van der Waals surface area contributed by atoms with Crippen molar-refractivity contribution in [2.45, 2.75) is 24.7 Å². The lowest BCUT2D eigenvalue weighted by Crippen LogP contribution is -2.30. The van der Waals surface area contributed by atoms with Crippen LogP contribution in [0.2, 0.25) is 0 Å². The SMILES string of the molecule is COc1cc(OC)c([C@H]2C(C#N)=C(N)OC3=C2C(=O)C[C@@H](c2ccccc2)C3)cc1Br. The minimum Gasteiger partial charge on any atom is -0.496 e. The minimum absolute atomic E-state index is 0.00552. The number of rotatable bonds is 4. The Balaban J connectivity index is 1.86. The van der Waals surface area contributed by atoms with Crippen LogP contribution in [-0.2, 0) is 9.53 Å². The molecule has 0 unspecified atom stereocenters. The van der Waals surface area contributed by atoms with Crippen molar-refractivity contribution in [3.8, 4) is 17.6 Å². The van der Waals surface area contributed by atoms with Crippen LogP contribution in [0, 0.1) is 11.3 Å². The summed E-state index contributed by atoms with van der Waals surface area (Å²) in [7, 11) is 3.09. The van der Waals surface area contributed by atoms with Crippen LogP contribution in [0.15, 0.2) is 69.7 Å². The minimum atomic E-state index is -0.671. The van der Waals surface area contributed by atoms with E-state index in [2.05, 4.69) is 22.0 Å². The molecule has 2 aromatic carbocycles. The third-order valence-electron chi connectivity index (χ3n) is 5.75. The number of ether oxygens (including phenoxy) is 3. The standard InChI is InChI=1S/C24H21BrN2O4/c1-29-19-11-20(30-2)17(25)10-15(19)22-16(12-26)24(27)31-21-9-14(8-18(28)23(21)22)13-6-4-3-5-7-13/h3-7,10-11,14,22H,8-9,27H2,1-2H3/t14-,22+/m1/s1. The maximum absolute atomic E-state index is 13.4. The number of hydrogen-bond acceptors (Lipinski definition) is 6. The number of carbonyl (C=O) groups excluding carboxylic acids is 1. The smallest absolute Gasteiger partial charge is 0.205 e. The number of methoxy groups -OCH3 is 2. The van der Waals surface area contributed by atoms with Gasteiger partial charge in [0.25, 0.3) is 0 Å². The van der Waals surface area contributed by atoms with Crippen molar-refractivity contribution in [3.05, 3.63) is 80.9 Å². The van der Waals surface area contributed by atoms with E-state index in [1.165, 1.54) is 7.11 Å². The molecule has 2 atom stereocenters. The number of Topliss-reactive ketones (excluding diaryl/α,β-unsaturated/α-hetero) is 1. The molecule has 0 aromatic heterocycles. The molecular formula is C24H21BrN2O4. The molecule has 0 bridgehead atoms. The summed E-state index contributed by atoms with van der Waals surface area (Å²) in [4.78, 5) is 13.4. The van der Waals surface area contributed by atoms with Gasteiger partial charge in [-0.15, -0.1) is 0 Å². The van der Waals surface area contributed by atoms with Crippen LogP contribution in [0.25, 0.3) is 0 Å². The van der Waals surface area contributed by atoms with Gasteiger partial charge in [-0.25, -0.2) is 0 Å². The zero-order valence-corrected chi connectivity index (χ0v) is 18.7. The summed E-state index contributed by atoms with van der Waals surface area (Å²) >= 11 is 3.49. The second-order valence-corrected chi connectivity index (χ2v) is 8.28. The highest BCUT2D eigenvalue weighted by atomic mass is 79.9. The lowest BCUT2D eigenvalue weighted by molar-refractivity contribution is -0.117. The summed E-state index contributed by atoms with van der Waals surface area (Å²) in [6, 6.07) is 15.5. The van der Waals surface area contributed by atoms with Crippen molar-refractivity contribution in [1.29, 1.82) is 5.26 Å². The summed E-state index contributed by atoms with van der Waals surface area (Å²) in [5.74, 6) is 0.870. The summed E-state index contributed by atoms with van der Waals surface area (Å²) in [5.41, 5.74) is 8.53. The molecule has 1 aliphatic carbocycles. The molecular weight excluding hydrogens is 460 g/mol. The van der Waals surface area contributed by atoms with Crippen LogP contribution >= 0.6 is 15.9 Å². The van der Waals surface area contributed by atoms with E-state index < -0.39 is 5.92 Å². The molecule has 4 rings (SSSR count). The van der Waals surface area contributed by atoms with Crippen LogP contribution in [0.1, 0.15) is 35.8 Å².